The van der Waals surface area contributed by atoms with E-state index in [1.54, 1.807) is 0 Å². The van der Waals surface area contributed by atoms with E-state index in [1.807, 2.05) is 0 Å². The van der Waals surface area contributed by atoms with Gasteiger partial charge in [0.2, 0.25) is 0 Å². The fraction of sp³-hybridized carbons (Fsp3) is 0.867. The van der Waals surface area contributed by atoms with Crippen molar-refractivity contribution in [2.45, 2.75) is 70.0 Å². The molecule has 0 saturated carbocycles. The van der Waals surface area contributed by atoms with E-state index in [0.29, 0.717) is 0 Å². The van der Waals surface area contributed by atoms with E-state index in [1.165, 1.54) is 51.6 Å². The van der Waals surface area contributed by atoms with Gasteiger partial charge in [-0.2, -0.15) is 0 Å². The van der Waals surface area contributed by atoms with Gasteiger partial charge in [0.1, 0.15) is 0 Å². The lowest BCUT2D eigenvalue weighted by molar-refractivity contribution is 0.0262. The number of rotatable bonds is 6. The van der Waals surface area contributed by atoms with Crippen molar-refractivity contribution in [3.05, 3.63) is 12.7 Å². The minimum atomic E-state index is 0.783. The van der Waals surface area contributed by atoms with Crippen LogP contribution in [0.2, 0.25) is 0 Å². The molecule has 2 rings (SSSR count). The molecule has 2 fully saturated rings. The van der Waals surface area contributed by atoms with Crippen molar-refractivity contribution in [1.82, 2.24) is 10.2 Å². The van der Waals surface area contributed by atoms with Crippen molar-refractivity contribution in [2.24, 2.45) is 0 Å². The maximum absolute atomic E-state index is 3.86. The van der Waals surface area contributed by atoms with Crippen LogP contribution < -0.4 is 5.32 Å². The molecule has 0 spiro atoms. The quantitative estimate of drug-likeness (QED) is 0.713. The van der Waals surface area contributed by atoms with Gasteiger partial charge in [0.05, 0.1) is 0 Å². The highest BCUT2D eigenvalue weighted by molar-refractivity contribution is 4.95. The molecule has 98 valence electrons. The molecule has 2 heterocycles. The minimum Gasteiger partial charge on any atom is -0.314 e. The smallest absolute Gasteiger partial charge is 0.0113 e. The summed E-state index contributed by atoms with van der Waals surface area (Å²) in [6.45, 7) is 8.54. The molecule has 2 nitrogen and oxygen atoms in total. The van der Waals surface area contributed by atoms with Gasteiger partial charge in [-0.15, -0.1) is 6.58 Å². The molecule has 0 radical (unpaired) electrons. The first-order chi connectivity index (χ1) is 8.35. The Morgan fingerprint density at radius 2 is 2.00 bits per heavy atom. The Morgan fingerprint density at radius 3 is 2.59 bits per heavy atom. The van der Waals surface area contributed by atoms with Crippen molar-refractivity contribution < 1.29 is 0 Å². The predicted molar refractivity (Wildman–Crippen MR) is 74.3 cm³/mol. The third-order valence-electron chi connectivity index (χ3n) is 4.40. The van der Waals surface area contributed by atoms with Gasteiger partial charge in [-0.25, -0.2) is 0 Å². The first-order valence-corrected chi connectivity index (χ1v) is 7.45. The summed E-state index contributed by atoms with van der Waals surface area (Å²) in [5, 5.41) is 3.73. The van der Waals surface area contributed by atoms with Gasteiger partial charge in [-0.1, -0.05) is 19.4 Å². The Labute approximate surface area is 106 Å². The Bertz CT molecular complexity index is 225. The van der Waals surface area contributed by atoms with E-state index >= 15 is 0 Å². The number of hydrogen-bond donors (Lipinski definition) is 1. The van der Waals surface area contributed by atoms with Crippen LogP contribution in [-0.2, 0) is 0 Å². The van der Waals surface area contributed by atoms with Crippen LogP contribution in [0.15, 0.2) is 12.7 Å². The fourth-order valence-corrected chi connectivity index (χ4v) is 3.60. The molecule has 2 saturated heterocycles. The standard InChI is InChI=1S/C15H28N2/c1-3-5-10-17-14-7-6-8-15(17)12-13(11-14)16-9-4-2/h3,13-16H,1,4-12H2,2H3. The van der Waals surface area contributed by atoms with Gasteiger partial charge < -0.3 is 5.32 Å². The summed E-state index contributed by atoms with van der Waals surface area (Å²) in [4.78, 5) is 2.77. The zero-order valence-electron chi connectivity index (χ0n) is 11.3. The Morgan fingerprint density at radius 1 is 1.29 bits per heavy atom. The predicted octanol–water partition coefficient (Wildman–Crippen LogP) is 2.95. The summed E-state index contributed by atoms with van der Waals surface area (Å²) in [6, 6.07) is 2.47. The molecule has 2 atom stereocenters. The van der Waals surface area contributed by atoms with Gasteiger partial charge >= 0.3 is 0 Å². The highest BCUT2D eigenvalue weighted by atomic mass is 15.2. The van der Waals surface area contributed by atoms with Crippen LogP contribution in [-0.4, -0.2) is 36.1 Å². The number of hydrogen-bond acceptors (Lipinski definition) is 2. The highest BCUT2D eigenvalue weighted by Crippen LogP contribution is 2.34. The molecular weight excluding hydrogens is 208 g/mol. The largest absolute Gasteiger partial charge is 0.314 e. The number of piperidine rings is 2. The topological polar surface area (TPSA) is 15.3 Å². The van der Waals surface area contributed by atoms with Crippen LogP contribution in [0.3, 0.4) is 0 Å². The molecule has 0 aromatic carbocycles. The van der Waals surface area contributed by atoms with Crippen LogP contribution in [0.5, 0.6) is 0 Å². The summed E-state index contributed by atoms with van der Waals surface area (Å²) in [7, 11) is 0. The molecule has 0 amide bonds. The monoisotopic (exact) mass is 236 g/mol. The number of nitrogens with zero attached hydrogens (tertiary/aromatic N) is 1. The van der Waals surface area contributed by atoms with Crippen LogP contribution in [0.25, 0.3) is 0 Å². The fourth-order valence-electron chi connectivity index (χ4n) is 3.60. The zero-order chi connectivity index (χ0) is 12.1. The van der Waals surface area contributed by atoms with Crippen molar-refractivity contribution >= 4 is 0 Å². The first-order valence-electron chi connectivity index (χ1n) is 7.45. The van der Waals surface area contributed by atoms with Gasteiger partial charge in [-0.3, -0.25) is 4.90 Å². The maximum atomic E-state index is 3.86. The highest BCUT2D eigenvalue weighted by Gasteiger charge is 2.37. The third kappa shape index (κ3) is 3.32. The molecule has 2 bridgehead atoms. The zero-order valence-corrected chi connectivity index (χ0v) is 11.3. The molecule has 0 aliphatic carbocycles. The van der Waals surface area contributed by atoms with Crippen molar-refractivity contribution in [1.29, 1.82) is 0 Å². The van der Waals surface area contributed by atoms with E-state index < -0.39 is 0 Å². The van der Waals surface area contributed by atoms with Crippen LogP contribution in [0.4, 0.5) is 0 Å². The SMILES string of the molecule is C=CCCN1C2CCCC1CC(NCCC)C2. The normalized spacial score (nSPS) is 33.6. The van der Waals surface area contributed by atoms with E-state index in [0.717, 1.165) is 24.5 Å². The Balaban J connectivity index is 1.88. The molecule has 0 aromatic rings. The van der Waals surface area contributed by atoms with Crippen LogP contribution >= 0.6 is 0 Å². The second-order valence-electron chi connectivity index (χ2n) is 5.68. The minimum absolute atomic E-state index is 0.783. The average Bonchev–Trinajstić information content (AvgIpc) is 2.33. The lowest BCUT2D eigenvalue weighted by Gasteiger charge is -2.49. The molecular formula is C15H28N2. The van der Waals surface area contributed by atoms with Gasteiger partial charge in [0.25, 0.3) is 0 Å². The van der Waals surface area contributed by atoms with Gasteiger partial charge in [0, 0.05) is 24.7 Å². The van der Waals surface area contributed by atoms with Crippen molar-refractivity contribution in [3.8, 4) is 0 Å². The molecule has 2 heteroatoms. The van der Waals surface area contributed by atoms with Crippen molar-refractivity contribution in [2.75, 3.05) is 13.1 Å². The van der Waals surface area contributed by atoms with E-state index in [4.69, 9.17) is 0 Å². The second kappa shape index (κ2) is 6.55. The lowest BCUT2D eigenvalue weighted by Crippen LogP contribution is -2.56. The van der Waals surface area contributed by atoms with Crippen LogP contribution in [0.1, 0.15) is 51.9 Å². The number of nitrogens with one attached hydrogen (secondary N) is 1. The summed E-state index contributed by atoms with van der Waals surface area (Å²) in [6.07, 6.45) is 11.5. The second-order valence-corrected chi connectivity index (χ2v) is 5.68. The third-order valence-corrected chi connectivity index (χ3v) is 4.40. The average molecular weight is 236 g/mol. The molecule has 2 unspecified atom stereocenters. The molecule has 0 aromatic heterocycles. The van der Waals surface area contributed by atoms with E-state index in [2.05, 4.69) is 29.8 Å². The molecule has 1 N–H and O–H groups in total. The Hall–Kier alpha value is -0.340. The van der Waals surface area contributed by atoms with E-state index in [9.17, 15) is 0 Å². The molecule has 2 aliphatic rings. The van der Waals surface area contributed by atoms with Gasteiger partial charge in [-0.05, 0) is 45.1 Å². The molecule has 2 aliphatic heterocycles. The van der Waals surface area contributed by atoms with E-state index in [-0.39, 0.29) is 0 Å². The van der Waals surface area contributed by atoms with Crippen molar-refractivity contribution in [3.63, 3.8) is 0 Å². The van der Waals surface area contributed by atoms with Gasteiger partial charge in [0.15, 0.2) is 0 Å². The number of fused-ring (bicyclic) bond motifs is 2. The molecule has 17 heavy (non-hydrogen) atoms. The Kier molecular flexibility index (Phi) is 5.05. The summed E-state index contributed by atoms with van der Waals surface area (Å²) < 4.78 is 0. The summed E-state index contributed by atoms with van der Waals surface area (Å²) in [5.41, 5.74) is 0. The maximum Gasteiger partial charge on any atom is 0.0113 e. The summed E-state index contributed by atoms with van der Waals surface area (Å²) >= 11 is 0. The first kappa shape index (κ1) is 13.1. The summed E-state index contributed by atoms with van der Waals surface area (Å²) in [5.74, 6) is 0. The lowest BCUT2D eigenvalue weighted by atomic mass is 9.81. The van der Waals surface area contributed by atoms with Crippen LogP contribution in [0, 0.1) is 0 Å².